The Kier molecular flexibility index (Phi) is 21.4. The maximum Gasteiger partial charge on any atom is 0.373 e. The summed E-state index contributed by atoms with van der Waals surface area (Å²) in [6.07, 6.45) is -0.862. The second kappa shape index (κ2) is 25.3. The van der Waals surface area contributed by atoms with E-state index in [9.17, 15) is 24.5 Å². The summed E-state index contributed by atoms with van der Waals surface area (Å²) in [4.78, 5) is 69.3. The highest BCUT2D eigenvalue weighted by Gasteiger charge is 2.56. The number of fused-ring (bicyclic) bond motifs is 2. The minimum atomic E-state index is -1.01. The first-order valence-corrected chi connectivity index (χ1v) is 19.1. The Morgan fingerprint density at radius 2 is 1.34 bits per heavy atom. The van der Waals surface area contributed by atoms with Gasteiger partial charge in [0.1, 0.15) is 11.6 Å². The van der Waals surface area contributed by atoms with Crippen molar-refractivity contribution in [1.29, 1.82) is 0 Å². The molecule has 2 fully saturated rings. The van der Waals surface area contributed by atoms with E-state index in [0.717, 1.165) is 7.11 Å². The summed E-state index contributed by atoms with van der Waals surface area (Å²) in [7, 11) is 1.00. The van der Waals surface area contributed by atoms with Gasteiger partial charge in [0.25, 0.3) is 0 Å². The molecule has 0 saturated carbocycles. The summed E-state index contributed by atoms with van der Waals surface area (Å²) >= 11 is 5.99. The lowest BCUT2D eigenvalue weighted by Crippen LogP contribution is -2.41. The Labute approximate surface area is 368 Å². The number of aromatic nitrogens is 8. The molecule has 0 aliphatic carbocycles. The first-order valence-electron chi connectivity index (χ1n) is 18.7. The average Bonchev–Trinajstić information content (AvgIpc) is 4.07. The van der Waals surface area contributed by atoms with Crippen molar-refractivity contribution in [1.82, 2.24) is 39.0 Å². The summed E-state index contributed by atoms with van der Waals surface area (Å²) in [6.45, 7) is 7.15. The number of nitrogens with zero attached hydrogens (tertiary/aromatic N) is 8. The SMILES string of the molecule is CCC1(C)C(CO)OC(n2cnc3c(Cl)nc(F)nc32)C1OC(=O)c1ccccc1.CCC1(C)C(CO)OC(n2cnc3c(NN)nc(NN)nc32)C1O.CO.NN.O=C=O.O=C=O. The zero-order valence-electron chi connectivity index (χ0n) is 35.0. The van der Waals surface area contributed by atoms with Crippen LogP contribution >= 0.6 is 11.6 Å². The largest absolute Gasteiger partial charge is 0.453 e. The van der Waals surface area contributed by atoms with Crippen molar-refractivity contribution in [2.45, 2.75) is 77.4 Å². The number of hydrazine groups is 3. The van der Waals surface area contributed by atoms with Gasteiger partial charge in [0.2, 0.25) is 5.95 Å². The summed E-state index contributed by atoms with van der Waals surface area (Å²) in [5.41, 5.74) is 4.99. The van der Waals surface area contributed by atoms with Gasteiger partial charge in [-0.05, 0) is 25.0 Å². The highest BCUT2D eigenvalue weighted by atomic mass is 35.5. The summed E-state index contributed by atoms with van der Waals surface area (Å²) in [5, 5.41) is 37.2. The highest BCUT2D eigenvalue weighted by Crippen LogP contribution is 2.49. The molecule has 28 heteroatoms. The normalized spacial score (nSPS) is 24.0. The van der Waals surface area contributed by atoms with Crippen LogP contribution in [0.15, 0.2) is 43.0 Å². The molecule has 6 heterocycles. The number of halogens is 2. The van der Waals surface area contributed by atoms with Gasteiger partial charge in [0.05, 0.1) is 43.6 Å². The number of carbonyl (C=O) groups excluding carboxylic acids is 5. The molecule has 2 aliphatic rings. The number of aliphatic hydroxyl groups is 4. The molecule has 2 saturated heterocycles. The number of carbonyl (C=O) groups is 1. The van der Waals surface area contributed by atoms with Crippen LogP contribution in [0.1, 0.15) is 63.4 Å². The van der Waals surface area contributed by atoms with Gasteiger partial charge in [-0.2, -0.15) is 43.5 Å². The van der Waals surface area contributed by atoms with Crippen LogP contribution in [-0.2, 0) is 33.4 Å². The molecule has 4 aromatic heterocycles. The minimum absolute atomic E-state index is 0.107. The lowest BCUT2D eigenvalue weighted by atomic mass is 9.78. The summed E-state index contributed by atoms with van der Waals surface area (Å²) in [6, 6.07) is 8.56. The topological polar surface area (TPSA) is 409 Å². The van der Waals surface area contributed by atoms with E-state index in [1.807, 2.05) is 27.7 Å². The lowest BCUT2D eigenvalue weighted by molar-refractivity contribution is -0.193. The summed E-state index contributed by atoms with van der Waals surface area (Å²) < 4.78 is 34.7. The van der Waals surface area contributed by atoms with Crippen LogP contribution in [-0.4, -0.2) is 122 Å². The van der Waals surface area contributed by atoms with Crippen molar-refractivity contribution in [3.05, 3.63) is 59.8 Å². The molecule has 5 aromatic rings. The highest BCUT2D eigenvalue weighted by molar-refractivity contribution is 6.33. The molecule has 7 rings (SSSR count). The number of aliphatic hydroxyl groups excluding tert-OH is 4. The molecule has 0 radical (unpaired) electrons. The Hall–Kier alpha value is -6.03. The number of benzene rings is 1. The predicted molar refractivity (Wildman–Crippen MR) is 218 cm³/mol. The number of hydrogen-bond donors (Lipinski definition) is 10. The van der Waals surface area contributed by atoms with E-state index in [1.165, 1.54) is 17.2 Å². The molecular weight excluding hydrogens is 875 g/mol. The average molecular weight is 925 g/mol. The van der Waals surface area contributed by atoms with Crippen molar-refractivity contribution in [2.24, 2.45) is 34.2 Å². The first kappa shape index (κ1) is 54.1. The van der Waals surface area contributed by atoms with Crippen molar-refractivity contribution < 1.29 is 63.0 Å². The third kappa shape index (κ3) is 11.4. The fourth-order valence-corrected chi connectivity index (χ4v) is 7.08. The molecule has 26 nitrogen and oxygen atoms in total. The van der Waals surface area contributed by atoms with Crippen molar-refractivity contribution in [3.8, 4) is 0 Å². The number of anilines is 2. The van der Waals surface area contributed by atoms with E-state index in [4.69, 9.17) is 61.8 Å². The van der Waals surface area contributed by atoms with Crippen molar-refractivity contribution >= 4 is 64.0 Å². The van der Waals surface area contributed by atoms with E-state index >= 15 is 0 Å². The molecule has 64 heavy (non-hydrogen) atoms. The Bertz CT molecular complexity index is 2310. The number of imidazole rings is 2. The van der Waals surface area contributed by atoms with Crippen LogP contribution in [0, 0.1) is 16.9 Å². The Morgan fingerprint density at radius 3 is 1.84 bits per heavy atom. The third-order valence-corrected chi connectivity index (χ3v) is 10.9. The molecule has 0 bridgehead atoms. The van der Waals surface area contributed by atoms with E-state index in [-0.39, 0.29) is 53.6 Å². The second-order valence-corrected chi connectivity index (χ2v) is 13.9. The fourth-order valence-electron chi connectivity index (χ4n) is 6.88. The van der Waals surface area contributed by atoms with Crippen LogP contribution in [0.25, 0.3) is 22.3 Å². The quantitative estimate of drug-likeness (QED) is 0.0277. The number of rotatable bonds is 10. The third-order valence-electron chi connectivity index (χ3n) is 10.6. The molecule has 350 valence electrons. The van der Waals surface area contributed by atoms with Gasteiger partial charge >= 0.3 is 24.4 Å². The van der Waals surface area contributed by atoms with Crippen LogP contribution in [0.3, 0.4) is 0 Å². The van der Waals surface area contributed by atoms with E-state index < -0.39 is 59.7 Å². The van der Waals surface area contributed by atoms with Crippen LogP contribution < -0.4 is 34.2 Å². The number of nitrogens with two attached hydrogens (primary N) is 4. The number of nitrogen functional groups attached to an aromatic ring is 2. The van der Waals surface area contributed by atoms with Gasteiger partial charge in [-0.1, -0.05) is 57.5 Å². The van der Waals surface area contributed by atoms with Crippen LogP contribution in [0.2, 0.25) is 5.15 Å². The van der Waals surface area contributed by atoms with Crippen LogP contribution in [0.4, 0.5) is 16.2 Å². The van der Waals surface area contributed by atoms with E-state index in [0.29, 0.717) is 29.6 Å². The zero-order chi connectivity index (χ0) is 48.4. The minimum Gasteiger partial charge on any atom is -0.453 e. The molecule has 8 unspecified atom stereocenters. The van der Waals surface area contributed by atoms with Gasteiger partial charge in [0, 0.05) is 17.9 Å². The number of ether oxygens (including phenoxy) is 3. The smallest absolute Gasteiger partial charge is 0.373 e. The lowest BCUT2D eigenvalue weighted by Gasteiger charge is -2.33. The second-order valence-electron chi connectivity index (χ2n) is 13.5. The number of hydrogen-bond acceptors (Lipinski definition) is 24. The summed E-state index contributed by atoms with van der Waals surface area (Å²) in [5.74, 6) is 18.7. The van der Waals surface area contributed by atoms with E-state index in [1.54, 1.807) is 34.9 Å². The molecule has 0 spiro atoms. The predicted octanol–water partition coefficient (Wildman–Crippen LogP) is -0.525. The first-order chi connectivity index (χ1) is 30.7. The van der Waals surface area contributed by atoms with Gasteiger partial charge in [0.15, 0.2) is 46.3 Å². The monoisotopic (exact) mass is 924 g/mol. The molecule has 2 aliphatic heterocycles. The maximum absolute atomic E-state index is 13.8. The van der Waals surface area contributed by atoms with E-state index in [2.05, 4.69) is 52.4 Å². The standard InChI is InChI=1S/C20H20ClFN4O4.C13H22N8O3.2CO2.CH4O.H4N2/c1-3-20(2)12(9-27)29-17(14(20)30-18(28)11-7-5-4-6-8-11)26-10-23-13-15(21)24-19(22)25-16(13)26;1-3-13(2)6(4-22)24-11(8(13)23)21-5-16-7-9(19-14)17-12(20-15)18-10(7)21;2*2-1-3;2*1-2/h4-8,10,12,14,17,27H,3,9H2,1-2H3;5-6,8,11,22-23H,3-4,14-15H2,1-2H3,(H2,17,18,19,20);;;2H,1H3;1-2H2. The Balaban J connectivity index is 0.000000372. The fraction of sp³-hybridized carbons (Fsp3) is 0.472. The molecule has 1 aromatic carbocycles. The van der Waals surface area contributed by atoms with Crippen molar-refractivity contribution in [3.63, 3.8) is 0 Å². The number of esters is 1. The zero-order valence-corrected chi connectivity index (χ0v) is 35.8. The number of nitrogens with one attached hydrogen (secondary N) is 2. The van der Waals surface area contributed by atoms with Gasteiger partial charge in [-0.3, -0.25) is 26.2 Å². The molecule has 8 atom stereocenters. The molecule has 0 amide bonds. The maximum atomic E-state index is 13.8. The van der Waals surface area contributed by atoms with Gasteiger partial charge < -0.3 is 40.1 Å². The van der Waals surface area contributed by atoms with Gasteiger partial charge in [-0.15, -0.1) is 0 Å². The van der Waals surface area contributed by atoms with Gasteiger partial charge in [-0.25, -0.2) is 26.4 Å². The Morgan fingerprint density at radius 1 is 0.844 bits per heavy atom. The molecule has 14 N–H and O–H groups in total. The molecular formula is C36H50ClFN14O12. The van der Waals surface area contributed by atoms with Crippen LogP contribution in [0.5, 0.6) is 0 Å². The van der Waals surface area contributed by atoms with Crippen molar-refractivity contribution in [2.75, 3.05) is 31.2 Å².